The molecule has 2 aliphatic carbocycles. The molecule has 7 nitrogen and oxygen atoms in total. The van der Waals surface area contributed by atoms with Crippen molar-refractivity contribution in [3.05, 3.63) is 46.2 Å². The molecule has 0 bridgehead atoms. The van der Waals surface area contributed by atoms with Gasteiger partial charge in [-0.2, -0.15) is 0 Å². The molecule has 36 heavy (non-hydrogen) atoms. The van der Waals surface area contributed by atoms with Gasteiger partial charge < -0.3 is 15.0 Å². The maximum atomic E-state index is 13.1. The van der Waals surface area contributed by atoms with Crippen LogP contribution in [0.5, 0.6) is 0 Å². The second-order valence-electron chi connectivity index (χ2n) is 10.7. The van der Waals surface area contributed by atoms with E-state index < -0.39 is 12.0 Å². The summed E-state index contributed by atoms with van der Waals surface area (Å²) in [4.78, 5) is 35.4. The fraction of sp³-hybridized carbons (Fsp3) is 0.571. The number of hydrogen-bond donors (Lipinski definition) is 2. The standard InChI is InChI=1S/C28H36N4O3S/c1-18-7-5-6-10-24(18)32-25-12-11-20(14-22(25)30-26(32)15-21-16-29-17-36-21)27(33)31-23(28(34)35)13-19-8-3-2-4-9-19/h11-12,14,16-19,23-24H,2-10,13,15H2,1H3,(H,31,33)(H,34,35). The van der Waals surface area contributed by atoms with Crippen LogP contribution in [0.1, 0.15) is 98.2 Å². The zero-order valence-electron chi connectivity index (χ0n) is 21.0. The lowest BCUT2D eigenvalue weighted by Gasteiger charge is -2.31. The number of carbonyl (C=O) groups excluding carboxylic acids is 1. The molecule has 3 aromatic rings. The van der Waals surface area contributed by atoms with Crippen LogP contribution >= 0.6 is 11.3 Å². The first-order valence-electron chi connectivity index (χ1n) is 13.4. The van der Waals surface area contributed by atoms with Crippen molar-refractivity contribution in [3.63, 3.8) is 0 Å². The SMILES string of the molecule is CC1CCCCC1n1c(Cc2cncs2)nc2cc(C(=O)NC(CC3CCCCC3)C(=O)O)ccc21. The Labute approximate surface area is 216 Å². The highest BCUT2D eigenvalue weighted by Gasteiger charge is 2.29. The van der Waals surface area contributed by atoms with E-state index in [2.05, 4.69) is 21.8 Å². The first-order valence-corrected chi connectivity index (χ1v) is 14.3. The average molecular weight is 509 g/mol. The van der Waals surface area contributed by atoms with Gasteiger partial charge >= 0.3 is 5.97 Å². The Kier molecular flexibility index (Phi) is 7.70. The maximum absolute atomic E-state index is 13.1. The fourth-order valence-electron chi connectivity index (χ4n) is 6.17. The van der Waals surface area contributed by atoms with Crippen LogP contribution in [-0.2, 0) is 11.2 Å². The lowest BCUT2D eigenvalue weighted by molar-refractivity contribution is -0.139. The van der Waals surface area contributed by atoms with E-state index in [4.69, 9.17) is 4.98 Å². The third-order valence-corrected chi connectivity index (χ3v) is 8.92. The van der Waals surface area contributed by atoms with Gasteiger partial charge in [0.15, 0.2) is 0 Å². The lowest BCUT2D eigenvalue weighted by Crippen LogP contribution is -2.42. The largest absolute Gasteiger partial charge is 0.480 e. The topological polar surface area (TPSA) is 97.1 Å². The van der Waals surface area contributed by atoms with Crippen LogP contribution in [0.15, 0.2) is 29.9 Å². The molecule has 2 saturated carbocycles. The summed E-state index contributed by atoms with van der Waals surface area (Å²) in [6, 6.07) is 5.16. The van der Waals surface area contributed by atoms with Gasteiger partial charge in [0.1, 0.15) is 11.9 Å². The molecule has 0 saturated heterocycles. The Hall–Kier alpha value is -2.74. The number of thiazole rings is 1. The van der Waals surface area contributed by atoms with Gasteiger partial charge in [-0.25, -0.2) is 9.78 Å². The molecular formula is C28H36N4O3S. The van der Waals surface area contributed by atoms with E-state index in [1.165, 1.54) is 30.6 Å². The number of amides is 1. The zero-order chi connectivity index (χ0) is 25.1. The molecule has 2 N–H and O–H groups in total. The van der Waals surface area contributed by atoms with E-state index in [1.807, 2.05) is 29.9 Å². The number of aromatic nitrogens is 3. The number of aliphatic carboxylic acids is 1. The van der Waals surface area contributed by atoms with Gasteiger partial charge in [0, 0.05) is 29.1 Å². The van der Waals surface area contributed by atoms with Crippen molar-refractivity contribution in [1.82, 2.24) is 19.9 Å². The molecule has 8 heteroatoms. The maximum Gasteiger partial charge on any atom is 0.326 e. The predicted molar refractivity (Wildman–Crippen MR) is 141 cm³/mol. The molecule has 2 heterocycles. The number of carboxylic acids is 1. The van der Waals surface area contributed by atoms with Crippen molar-refractivity contribution in [1.29, 1.82) is 0 Å². The second-order valence-corrected chi connectivity index (χ2v) is 11.7. The van der Waals surface area contributed by atoms with E-state index in [9.17, 15) is 14.7 Å². The highest BCUT2D eigenvalue weighted by molar-refractivity contribution is 7.09. The number of fused-ring (bicyclic) bond motifs is 1. The predicted octanol–water partition coefficient (Wildman–Crippen LogP) is 5.99. The zero-order valence-corrected chi connectivity index (χ0v) is 21.8. The van der Waals surface area contributed by atoms with Crippen LogP contribution in [0.2, 0.25) is 0 Å². The molecule has 0 spiro atoms. The van der Waals surface area contributed by atoms with Crippen molar-refractivity contribution < 1.29 is 14.7 Å². The van der Waals surface area contributed by atoms with E-state index in [-0.39, 0.29) is 5.91 Å². The van der Waals surface area contributed by atoms with Crippen molar-refractivity contribution in [2.75, 3.05) is 0 Å². The molecular weight excluding hydrogens is 472 g/mol. The molecule has 192 valence electrons. The molecule has 2 aliphatic rings. The third-order valence-electron chi connectivity index (χ3n) is 8.14. The van der Waals surface area contributed by atoms with E-state index in [0.717, 1.165) is 49.0 Å². The quantitative estimate of drug-likeness (QED) is 0.390. The van der Waals surface area contributed by atoms with E-state index >= 15 is 0 Å². The van der Waals surface area contributed by atoms with Gasteiger partial charge in [-0.3, -0.25) is 9.78 Å². The van der Waals surface area contributed by atoms with Crippen LogP contribution in [0.25, 0.3) is 11.0 Å². The number of nitrogens with zero attached hydrogens (tertiary/aromatic N) is 3. The van der Waals surface area contributed by atoms with E-state index in [1.54, 1.807) is 11.3 Å². The van der Waals surface area contributed by atoms with Gasteiger partial charge in [-0.1, -0.05) is 51.9 Å². The van der Waals surface area contributed by atoms with Gasteiger partial charge in [-0.15, -0.1) is 11.3 Å². The molecule has 5 rings (SSSR count). The highest BCUT2D eigenvalue weighted by Crippen LogP contribution is 2.37. The minimum absolute atomic E-state index is 0.343. The van der Waals surface area contributed by atoms with Crippen LogP contribution in [0, 0.1) is 11.8 Å². The van der Waals surface area contributed by atoms with Crippen molar-refractivity contribution in [2.24, 2.45) is 11.8 Å². The van der Waals surface area contributed by atoms with Crippen LogP contribution in [0.4, 0.5) is 0 Å². The van der Waals surface area contributed by atoms with Crippen LogP contribution in [0.3, 0.4) is 0 Å². The Morgan fingerprint density at radius 1 is 1.14 bits per heavy atom. The monoisotopic (exact) mass is 508 g/mol. The summed E-state index contributed by atoms with van der Waals surface area (Å²) in [5, 5.41) is 12.6. The molecule has 1 amide bonds. The van der Waals surface area contributed by atoms with Crippen molar-refractivity contribution >= 4 is 34.2 Å². The Balaban J connectivity index is 1.41. The summed E-state index contributed by atoms with van der Waals surface area (Å²) in [7, 11) is 0. The molecule has 0 radical (unpaired) electrons. The van der Waals surface area contributed by atoms with Gasteiger partial charge in [-0.05, 0) is 49.3 Å². The molecule has 3 atom stereocenters. The first-order chi connectivity index (χ1) is 17.5. The molecule has 2 aromatic heterocycles. The molecule has 2 fully saturated rings. The highest BCUT2D eigenvalue weighted by atomic mass is 32.1. The average Bonchev–Trinajstić information content (AvgIpc) is 3.52. The summed E-state index contributed by atoms with van der Waals surface area (Å²) < 4.78 is 2.39. The summed E-state index contributed by atoms with van der Waals surface area (Å²) >= 11 is 1.63. The summed E-state index contributed by atoms with van der Waals surface area (Å²) in [5.74, 6) is 0.633. The number of hydrogen-bond acceptors (Lipinski definition) is 5. The third kappa shape index (κ3) is 5.48. The summed E-state index contributed by atoms with van der Waals surface area (Å²) in [6.45, 7) is 2.33. The number of rotatable bonds is 8. The van der Waals surface area contributed by atoms with Crippen LogP contribution < -0.4 is 5.32 Å². The molecule has 0 aliphatic heterocycles. The number of imidazole rings is 1. The van der Waals surface area contributed by atoms with Gasteiger partial charge in [0.2, 0.25) is 0 Å². The smallest absolute Gasteiger partial charge is 0.326 e. The number of nitrogens with one attached hydrogen (secondary N) is 1. The molecule has 1 aromatic carbocycles. The second kappa shape index (κ2) is 11.1. The Morgan fingerprint density at radius 3 is 2.64 bits per heavy atom. The minimum atomic E-state index is -0.961. The van der Waals surface area contributed by atoms with Gasteiger partial charge in [0.05, 0.1) is 16.5 Å². The van der Waals surface area contributed by atoms with Crippen molar-refractivity contribution in [3.8, 4) is 0 Å². The van der Waals surface area contributed by atoms with Crippen LogP contribution in [-0.4, -0.2) is 37.6 Å². The molecule has 3 unspecified atom stereocenters. The van der Waals surface area contributed by atoms with Gasteiger partial charge in [0.25, 0.3) is 5.91 Å². The summed E-state index contributed by atoms with van der Waals surface area (Å²) in [5.41, 5.74) is 4.14. The lowest BCUT2D eigenvalue weighted by atomic mass is 9.85. The number of carbonyl (C=O) groups is 2. The first kappa shape index (κ1) is 24.9. The fourth-order valence-corrected chi connectivity index (χ4v) is 6.76. The number of carboxylic acid groups (broad SMARTS) is 1. The Morgan fingerprint density at radius 2 is 1.92 bits per heavy atom. The van der Waals surface area contributed by atoms with Crippen molar-refractivity contribution in [2.45, 2.75) is 89.6 Å². The van der Waals surface area contributed by atoms with E-state index in [0.29, 0.717) is 36.3 Å². The Bertz CT molecular complexity index is 1200. The normalized spacial score (nSPS) is 21.9. The summed E-state index contributed by atoms with van der Waals surface area (Å²) in [6.07, 6.45) is 13.5. The minimum Gasteiger partial charge on any atom is -0.480 e. The number of benzene rings is 1.